The lowest BCUT2D eigenvalue weighted by atomic mass is 9.89. The van der Waals surface area contributed by atoms with Crippen molar-refractivity contribution in [1.29, 1.82) is 0 Å². The maximum atomic E-state index is 11.7. The minimum absolute atomic E-state index is 0.444. The lowest BCUT2D eigenvalue weighted by Crippen LogP contribution is -2.07. The summed E-state index contributed by atoms with van der Waals surface area (Å²) in [5.41, 5.74) is 9.45. The Balaban J connectivity index is 1.47. The zero-order valence-corrected chi connectivity index (χ0v) is 20.1. The first-order chi connectivity index (χ1) is 17.6. The third kappa shape index (κ3) is 3.80. The molecule has 180 valence electrons. The van der Waals surface area contributed by atoms with Gasteiger partial charge in [-0.15, -0.1) is 0 Å². The van der Waals surface area contributed by atoms with Crippen molar-refractivity contribution >= 4 is 22.3 Å². The fraction of sp³-hybridized carbons (Fsp3) is 0.214. The summed E-state index contributed by atoms with van der Waals surface area (Å²) in [7, 11) is 0. The van der Waals surface area contributed by atoms with E-state index in [-0.39, 0.29) is 0 Å². The van der Waals surface area contributed by atoms with Gasteiger partial charge in [0.25, 0.3) is 6.01 Å². The molecule has 0 saturated heterocycles. The predicted molar refractivity (Wildman–Crippen MR) is 137 cm³/mol. The zero-order chi connectivity index (χ0) is 24.6. The maximum absolute atomic E-state index is 11.7. The zero-order valence-electron chi connectivity index (χ0n) is 20.1. The molecule has 8 nitrogen and oxygen atoms in total. The first-order valence-electron chi connectivity index (χ1n) is 12.0. The molecule has 0 atom stereocenters. The van der Waals surface area contributed by atoms with E-state index >= 15 is 0 Å². The van der Waals surface area contributed by atoms with Crippen LogP contribution in [0, 0.1) is 0 Å². The second-order valence-electron chi connectivity index (χ2n) is 8.85. The van der Waals surface area contributed by atoms with Crippen LogP contribution >= 0.6 is 0 Å². The number of allylic oxidation sites excluding steroid dienone is 1. The average molecular weight is 480 g/mol. The maximum Gasteiger partial charge on any atom is 0.439 e. The van der Waals surface area contributed by atoms with Crippen molar-refractivity contribution in [3.8, 4) is 6.01 Å². The first-order valence-corrected chi connectivity index (χ1v) is 12.0. The number of aromatic amines is 1. The summed E-state index contributed by atoms with van der Waals surface area (Å²) in [4.78, 5) is 23.6. The number of nitrogens with one attached hydrogen (secondary N) is 1. The second-order valence-corrected chi connectivity index (χ2v) is 8.85. The Bertz CT molecular complexity index is 1670. The summed E-state index contributed by atoms with van der Waals surface area (Å²) in [6.45, 7) is 5.05. The molecular weight excluding hydrogens is 454 g/mol. The van der Waals surface area contributed by atoms with Crippen LogP contribution in [0.15, 0.2) is 70.1 Å². The first kappa shape index (κ1) is 22.0. The number of rotatable bonds is 5. The Morgan fingerprint density at radius 3 is 2.75 bits per heavy atom. The molecule has 1 aliphatic carbocycles. The molecule has 6 rings (SSSR count). The van der Waals surface area contributed by atoms with Crippen LogP contribution < -0.4 is 10.5 Å². The van der Waals surface area contributed by atoms with E-state index in [0.717, 1.165) is 51.8 Å². The highest BCUT2D eigenvalue weighted by Crippen LogP contribution is 2.38. The number of ether oxygens (including phenoxy) is 1. The minimum atomic E-state index is -0.561. The van der Waals surface area contributed by atoms with Gasteiger partial charge in [0, 0.05) is 11.8 Å². The standard InChI is InChI=1S/C28H25N5O3/c1-3-35-27-30-23-9-6-14-29-26(23)33(27)16-18-10-13-22-20(15-18)12-11-19-7-4-5-8-21(19)24(22)17(2)25-31-28(34)36-32-25/h4-10,13-15H,3,11-12,16H2,1-2H3,(H,31,32,34). The lowest BCUT2D eigenvalue weighted by molar-refractivity contribution is 0.301. The van der Waals surface area contributed by atoms with Gasteiger partial charge in [0.1, 0.15) is 5.52 Å². The fourth-order valence-corrected chi connectivity index (χ4v) is 5.01. The van der Waals surface area contributed by atoms with Crippen LogP contribution in [0.2, 0.25) is 0 Å². The molecule has 0 aliphatic heterocycles. The minimum Gasteiger partial charge on any atom is -0.465 e. The third-order valence-electron chi connectivity index (χ3n) is 6.64. The number of benzene rings is 2. The van der Waals surface area contributed by atoms with E-state index in [4.69, 9.17) is 9.26 Å². The van der Waals surface area contributed by atoms with Gasteiger partial charge in [-0.25, -0.2) is 9.78 Å². The van der Waals surface area contributed by atoms with Crippen LogP contribution in [0.25, 0.3) is 22.3 Å². The van der Waals surface area contributed by atoms with Crippen LogP contribution in [0.5, 0.6) is 6.01 Å². The molecule has 3 aromatic heterocycles. The second kappa shape index (κ2) is 8.96. The van der Waals surface area contributed by atoms with Gasteiger partial charge in [0.2, 0.25) is 0 Å². The van der Waals surface area contributed by atoms with Gasteiger partial charge in [-0.05, 0) is 72.2 Å². The quantitative estimate of drug-likeness (QED) is 0.395. The highest BCUT2D eigenvalue weighted by atomic mass is 16.5. The number of nitrogens with zero attached hydrogens (tertiary/aromatic N) is 4. The third-order valence-corrected chi connectivity index (χ3v) is 6.64. The monoisotopic (exact) mass is 479 g/mol. The van der Waals surface area contributed by atoms with Crippen LogP contribution in [-0.2, 0) is 19.4 Å². The average Bonchev–Trinajstić information content (AvgIpc) is 3.43. The molecule has 0 bridgehead atoms. The van der Waals surface area contributed by atoms with Gasteiger partial charge in [-0.1, -0.05) is 47.6 Å². The molecule has 36 heavy (non-hydrogen) atoms. The number of hydrogen-bond donors (Lipinski definition) is 1. The highest BCUT2D eigenvalue weighted by molar-refractivity contribution is 5.98. The highest BCUT2D eigenvalue weighted by Gasteiger charge is 2.23. The number of aromatic nitrogens is 5. The molecular formula is C28H25N5O3. The van der Waals surface area contributed by atoms with Crippen molar-refractivity contribution in [1.82, 2.24) is 24.7 Å². The Kier molecular flexibility index (Phi) is 5.48. The summed E-state index contributed by atoms with van der Waals surface area (Å²) >= 11 is 0. The largest absolute Gasteiger partial charge is 0.465 e. The van der Waals surface area contributed by atoms with Crippen LogP contribution in [-0.4, -0.2) is 31.3 Å². The van der Waals surface area contributed by atoms with E-state index in [9.17, 15) is 4.79 Å². The molecule has 0 unspecified atom stereocenters. The van der Waals surface area contributed by atoms with Crippen LogP contribution in [0.4, 0.5) is 0 Å². The van der Waals surface area contributed by atoms with Crippen molar-refractivity contribution < 1.29 is 9.26 Å². The number of imidazole rings is 1. The van der Waals surface area contributed by atoms with Gasteiger partial charge in [-0.3, -0.25) is 14.1 Å². The van der Waals surface area contributed by atoms with E-state index in [1.807, 2.05) is 36.6 Å². The van der Waals surface area contributed by atoms with Gasteiger partial charge in [0.15, 0.2) is 11.5 Å². The summed E-state index contributed by atoms with van der Waals surface area (Å²) < 4.78 is 12.7. The van der Waals surface area contributed by atoms with Crippen LogP contribution in [0.3, 0.4) is 0 Å². The fourth-order valence-electron chi connectivity index (χ4n) is 5.01. The number of pyridine rings is 1. The van der Waals surface area contributed by atoms with E-state index < -0.39 is 5.76 Å². The Labute approximate surface area is 207 Å². The summed E-state index contributed by atoms with van der Waals surface area (Å²) in [6.07, 6.45) is 3.59. The number of hydrogen-bond acceptors (Lipinski definition) is 6. The van der Waals surface area contributed by atoms with E-state index in [2.05, 4.69) is 56.5 Å². The number of fused-ring (bicyclic) bond motifs is 3. The van der Waals surface area contributed by atoms with Gasteiger partial charge < -0.3 is 4.74 Å². The summed E-state index contributed by atoms with van der Waals surface area (Å²) in [6, 6.07) is 19.4. The molecule has 0 saturated carbocycles. The van der Waals surface area contributed by atoms with Gasteiger partial charge in [-0.2, -0.15) is 4.98 Å². The molecule has 5 aromatic rings. The topological polar surface area (TPSA) is 98.8 Å². The van der Waals surface area contributed by atoms with E-state index in [1.54, 1.807) is 6.20 Å². The van der Waals surface area contributed by atoms with E-state index in [0.29, 0.717) is 25.0 Å². The molecule has 8 heteroatoms. The van der Waals surface area contributed by atoms with Gasteiger partial charge >= 0.3 is 5.76 Å². The number of aryl methyl sites for hydroxylation is 2. The van der Waals surface area contributed by atoms with Crippen LogP contribution in [0.1, 0.15) is 47.5 Å². The predicted octanol–water partition coefficient (Wildman–Crippen LogP) is 4.63. The number of H-pyrrole nitrogens is 1. The lowest BCUT2D eigenvalue weighted by Gasteiger charge is -2.16. The van der Waals surface area contributed by atoms with Crippen molar-refractivity contribution in [2.45, 2.75) is 33.2 Å². The Morgan fingerprint density at radius 1 is 1.08 bits per heavy atom. The van der Waals surface area contributed by atoms with Crippen molar-refractivity contribution in [2.24, 2.45) is 0 Å². The van der Waals surface area contributed by atoms with Crippen molar-refractivity contribution in [3.63, 3.8) is 0 Å². The van der Waals surface area contributed by atoms with Crippen molar-refractivity contribution in [2.75, 3.05) is 6.61 Å². The SMILES string of the molecule is CCOc1nc2cccnc2n1Cc1ccc2c(c1)CCc1ccccc1C2=C(C)c1noc(=O)[nH]1. The molecule has 2 aromatic carbocycles. The van der Waals surface area contributed by atoms with E-state index in [1.165, 1.54) is 11.1 Å². The summed E-state index contributed by atoms with van der Waals surface area (Å²) in [5, 5.41) is 3.96. The van der Waals surface area contributed by atoms with Gasteiger partial charge in [0.05, 0.1) is 13.2 Å². The molecule has 0 amide bonds. The molecule has 0 spiro atoms. The normalized spacial score (nSPS) is 14.3. The molecule has 0 radical (unpaired) electrons. The molecule has 3 heterocycles. The Hall–Kier alpha value is -4.46. The molecule has 0 fully saturated rings. The molecule has 1 N–H and O–H groups in total. The summed E-state index contributed by atoms with van der Waals surface area (Å²) in [5.74, 6) is -0.118. The molecule has 1 aliphatic rings. The van der Waals surface area contributed by atoms with Crippen molar-refractivity contribution in [3.05, 3.63) is 105 Å². The Morgan fingerprint density at radius 2 is 1.92 bits per heavy atom. The smallest absolute Gasteiger partial charge is 0.439 e.